The van der Waals surface area contributed by atoms with Crippen LogP contribution in [-0.4, -0.2) is 50.0 Å². The lowest BCUT2D eigenvalue weighted by Crippen LogP contribution is -2.56. The van der Waals surface area contributed by atoms with Gasteiger partial charge in [-0.15, -0.1) is 0 Å². The number of amides is 1. The first-order valence-corrected chi connectivity index (χ1v) is 13.1. The molecule has 2 aliphatic carbocycles. The Morgan fingerprint density at radius 3 is 2.18 bits per heavy atom. The van der Waals surface area contributed by atoms with E-state index < -0.39 is 65.1 Å². The Hall–Kier alpha value is -2.59. The summed E-state index contributed by atoms with van der Waals surface area (Å²) >= 11 is 12.4. The molecule has 2 fully saturated rings. The van der Waals surface area contributed by atoms with Crippen LogP contribution in [0.2, 0.25) is 10.0 Å². The monoisotopic (exact) mass is 573 g/mol. The first-order chi connectivity index (χ1) is 17.7. The molecule has 38 heavy (non-hydrogen) atoms. The molecule has 7 nitrogen and oxygen atoms in total. The number of halogens is 5. The average Bonchev–Trinajstić information content (AvgIpc) is 3.28. The van der Waals surface area contributed by atoms with Crippen LogP contribution in [-0.2, 0) is 11.0 Å². The molecular weight excluding hydrogens is 546 g/mol. The van der Waals surface area contributed by atoms with Crippen molar-refractivity contribution < 1.29 is 32.7 Å². The highest BCUT2D eigenvalue weighted by Crippen LogP contribution is 2.45. The van der Waals surface area contributed by atoms with Crippen molar-refractivity contribution >= 4 is 40.9 Å². The standard InChI is InChI=1S/C26H28Cl2F3N3O4/c1-25(2)11-10-20(25)33(13-19(35)21-17(27)4-3-5-18(21)28)23(36)16-12-32-34(22(16)26(29,30)31)15-8-6-14(7-9-15)24(37)38/h3-5,12,14-15,20H,6-11,13H2,1-2H3,(H,37,38)/t14-,15+,20-/m0/s1. The van der Waals surface area contributed by atoms with E-state index in [0.717, 1.165) is 17.3 Å². The van der Waals surface area contributed by atoms with Gasteiger partial charge in [-0.3, -0.25) is 19.1 Å². The molecule has 0 aliphatic heterocycles. The minimum atomic E-state index is -4.90. The molecule has 0 unspecified atom stereocenters. The molecule has 2 saturated carbocycles. The second-order valence-corrected chi connectivity index (χ2v) is 11.5. The van der Waals surface area contributed by atoms with E-state index in [1.807, 2.05) is 13.8 Å². The van der Waals surface area contributed by atoms with Gasteiger partial charge < -0.3 is 10.0 Å². The quantitative estimate of drug-likeness (QED) is 0.380. The molecule has 206 valence electrons. The molecular formula is C26H28Cl2F3N3O4. The second-order valence-electron chi connectivity index (χ2n) is 10.7. The number of ketones is 1. The van der Waals surface area contributed by atoms with Crippen LogP contribution in [0.25, 0.3) is 0 Å². The van der Waals surface area contributed by atoms with Crippen molar-refractivity contribution in [2.75, 3.05) is 6.54 Å². The normalized spacial score (nSPS) is 23.0. The molecule has 0 spiro atoms. The van der Waals surface area contributed by atoms with E-state index in [1.54, 1.807) is 6.07 Å². The molecule has 0 radical (unpaired) electrons. The molecule has 0 bridgehead atoms. The van der Waals surface area contributed by atoms with Crippen LogP contribution < -0.4 is 0 Å². The molecule has 12 heteroatoms. The van der Waals surface area contributed by atoms with E-state index >= 15 is 0 Å². The van der Waals surface area contributed by atoms with Gasteiger partial charge in [0.2, 0.25) is 0 Å². The molecule has 2 aromatic rings. The number of hydrogen-bond donors (Lipinski definition) is 1. The van der Waals surface area contributed by atoms with Crippen LogP contribution in [0.5, 0.6) is 0 Å². The minimum Gasteiger partial charge on any atom is -0.481 e. The zero-order valence-corrected chi connectivity index (χ0v) is 22.4. The Morgan fingerprint density at radius 2 is 1.71 bits per heavy atom. The summed E-state index contributed by atoms with van der Waals surface area (Å²) in [7, 11) is 0. The third-order valence-corrected chi connectivity index (χ3v) is 8.47. The highest BCUT2D eigenvalue weighted by atomic mass is 35.5. The van der Waals surface area contributed by atoms with Crippen molar-refractivity contribution in [2.45, 2.75) is 70.6 Å². The van der Waals surface area contributed by atoms with Crippen molar-refractivity contribution in [2.24, 2.45) is 11.3 Å². The number of aliphatic carboxylic acids is 1. The minimum absolute atomic E-state index is 0.00712. The van der Waals surface area contributed by atoms with Gasteiger partial charge >= 0.3 is 12.1 Å². The lowest BCUT2D eigenvalue weighted by molar-refractivity contribution is -0.147. The Kier molecular flexibility index (Phi) is 7.87. The van der Waals surface area contributed by atoms with E-state index in [-0.39, 0.29) is 41.3 Å². The number of rotatable bonds is 7. The molecule has 4 rings (SSSR count). The number of hydrogen-bond acceptors (Lipinski definition) is 4. The number of alkyl halides is 3. The first kappa shape index (κ1) is 28.4. The number of aromatic nitrogens is 2. The number of carboxylic acids is 1. The first-order valence-electron chi connectivity index (χ1n) is 12.4. The highest BCUT2D eigenvalue weighted by molar-refractivity contribution is 6.40. The van der Waals surface area contributed by atoms with Crippen molar-refractivity contribution in [1.82, 2.24) is 14.7 Å². The molecule has 1 heterocycles. The number of carbonyl (C=O) groups is 3. The fourth-order valence-electron chi connectivity index (χ4n) is 5.55. The van der Waals surface area contributed by atoms with Gasteiger partial charge in [-0.05, 0) is 56.1 Å². The van der Waals surface area contributed by atoms with Gasteiger partial charge in [-0.2, -0.15) is 18.3 Å². The third-order valence-electron chi connectivity index (χ3n) is 7.84. The lowest BCUT2D eigenvalue weighted by Gasteiger charge is -2.50. The number of Topliss-reactive ketones (excluding diaryl/α,β-unsaturated/α-hetero) is 1. The predicted octanol–water partition coefficient (Wildman–Crippen LogP) is 6.54. The van der Waals surface area contributed by atoms with E-state index in [1.165, 1.54) is 17.0 Å². The van der Waals surface area contributed by atoms with Crippen LogP contribution in [0.1, 0.15) is 84.8 Å². The van der Waals surface area contributed by atoms with E-state index in [4.69, 9.17) is 23.2 Å². The SMILES string of the molecule is CC1(C)CC[C@@H]1N(CC(=O)c1c(Cl)cccc1Cl)C(=O)c1cnn([C@H]2CC[C@@H](C(=O)O)CC2)c1C(F)(F)F. The molecule has 1 N–H and O–H groups in total. The van der Waals surface area contributed by atoms with Gasteiger partial charge in [0.25, 0.3) is 5.91 Å². The van der Waals surface area contributed by atoms with Crippen LogP contribution in [0, 0.1) is 11.3 Å². The van der Waals surface area contributed by atoms with Crippen LogP contribution >= 0.6 is 23.2 Å². The van der Waals surface area contributed by atoms with E-state index in [0.29, 0.717) is 6.42 Å². The largest absolute Gasteiger partial charge is 0.481 e. The van der Waals surface area contributed by atoms with Gasteiger partial charge in [0.15, 0.2) is 11.5 Å². The van der Waals surface area contributed by atoms with Crippen molar-refractivity contribution in [1.29, 1.82) is 0 Å². The van der Waals surface area contributed by atoms with Crippen molar-refractivity contribution in [3.8, 4) is 0 Å². The van der Waals surface area contributed by atoms with Crippen LogP contribution in [0.15, 0.2) is 24.4 Å². The second kappa shape index (κ2) is 10.5. The smallest absolute Gasteiger partial charge is 0.433 e. The number of carboxylic acid groups (broad SMARTS) is 1. The Morgan fingerprint density at radius 1 is 1.11 bits per heavy atom. The van der Waals surface area contributed by atoms with E-state index in [2.05, 4.69) is 5.10 Å². The van der Waals surface area contributed by atoms with E-state index in [9.17, 15) is 32.7 Å². The topological polar surface area (TPSA) is 92.5 Å². The average molecular weight is 574 g/mol. The molecule has 1 aromatic carbocycles. The number of carbonyl (C=O) groups excluding carboxylic acids is 2. The highest BCUT2D eigenvalue weighted by Gasteiger charge is 2.48. The number of benzene rings is 1. The van der Waals surface area contributed by atoms with Gasteiger partial charge in [0.1, 0.15) is 0 Å². The summed E-state index contributed by atoms with van der Waals surface area (Å²) in [4.78, 5) is 39.5. The Balaban J connectivity index is 1.70. The van der Waals surface area contributed by atoms with Crippen LogP contribution in [0.4, 0.5) is 13.2 Å². The summed E-state index contributed by atoms with van der Waals surface area (Å²) < 4.78 is 43.9. The summed E-state index contributed by atoms with van der Waals surface area (Å²) in [6.45, 7) is 3.29. The zero-order valence-electron chi connectivity index (χ0n) is 20.9. The van der Waals surface area contributed by atoms with Gasteiger partial charge in [0.05, 0.1) is 45.9 Å². The molecule has 2 aliphatic rings. The molecule has 0 saturated heterocycles. The lowest BCUT2D eigenvalue weighted by atomic mass is 9.66. The maximum Gasteiger partial charge on any atom is 0.433 e. The number of nitrogens with zero attached hydrogens (tertiary/aromatic N) is 3. The maximum absolute atomic E-state index is 14.4. The van der Waals surface area contributed by atoms with Gasteiger partial charge in [0, 0.05) is 6.04 Å². The van der Waals surface area contributed by atoms with Gasteiger partial charge in [-0.25, -0.2) is 0 Å². The summed E-state index contributed by atoms with van der Waals surface area (Å²) in [5.41, 5.74) is -2.23. The third kappa shape index (κ3) is 5.43. The fraction of sp³-hybridized carbons (Fsp3) is 0.538. The predicted molar refractivity (Wildman–Crippen MR) is 134 cm³/mol. The van der Waals surface area contributed by atoms with Crippen molar-refractivity contribution in [3.05, 3.63) is 51.3 Å². The Bertz CT molecular complexity index is 1230. The summed E-state index contributed by atoms with van der Waals surface area (Å²) in [6.07, 6.45) is -1.91. The van der Waals surface area contributed by atoms with Gasteiger partial charge in [-0.1, -0.05) is 43.1 Å². The van der Waals surface area contributed by atoms with Crippen LogP contribution in [0.3, 0.4) is 0 Å². The summed E-state index contributed by atoms with van der Waals surface area (Å²) in [5, 5.41) is 13.4. The molecule has 1 atom stereocenters. The maximum atomic E-state index is 14.4. The zero-order chi connectivity index (χ0) is 28.0. The Labute approximate surface area is 227 Å². The fourth-order valence-corrected chi connectivity index (χ4v) is 6.16. The van der Waals surface area contributed by atoms with Crippen molar-refractivity contribution in [3.63, 3.8) is 0 Å². The summed E-state index contributed by atoms with van der Waals surface area (Å²) in [6, 6.07) is 3.35. The molecule has 1 amide bonds. The summed E-state index contributed by atoms with van der Waals surface area (Å²) in [5.74, 6) is -3.11. The molecule has 1 aromatic heterocycles.